The molecule has 8 aromatic carbocycles. The molecule has 0 atom stereocenters. The number of allylic oxidation sites excluding steroid dienone is 3. The van der Waals surface area contributed by atoms with Crippen LogP contribution in [0.15, 0.2) is 170 Å². The van der Waals surface area contributed by atoms with E-state index >= 15 is 0 Å². The molecule has 1 nitrogen and oxygen atoms in total. The minimum absolute atomic E-state index is 0.770. The number of hydrogen-bond donors (Lipinski definition) is 1. The van der Waals surface area contributed by atoms with Crippen LogP contribution in [0, 0.1) is 6.92 Å². The van der Waals surface area contributed by atoms with Crippen molar-refractivity contribution in [2.45, 2.75) is 13.3 Å². The topological polar surface area (TPSA) is 26.0 Å². The van der Waals surface area contributed by atoms with Crippen LogP contribution in [0.25, 0.3) is 71.4 Å². The molecule has 0 unspecified atom stereocenters. The molecule has 0 saturated heterocycles. The van der Waals surface area contributed by atoms with Gasteiger partial charge in [-0.25, -0.2) is 0 Å². The van der Waals surface area contributed by atoms with Crippen LogP contribution in [0.3, 0.4) is 0 Å². The van der Waals surface area contributed by atoms with Crippen molar-refractivity contribution in [1.82, 2.24) is 0 Å². The highest BCUT2D eigenvalue weighted by Gasteiger charge is 2.17. The van der Waals surface area contributed by atoms with Crippen molar-refractivity contribution in [3.05, 3.63) is 187 Å². The number of aryl methyl sites for hydroxylation is 1. The third-order valence-corrected chi connectivity index (χ3v) is 9.30. The molecule has 0 aliphatic heterocycles. The zero-order valence-corrected chi connectivity index (χ0v) is 26.5. The molecular formula is C46H35N. The average molecular weight is 602 g/mol. The van der Waals surface area contributed by atoms with E-state index in [2.05, 4.69) is 134 Å². The van der Waals surface area contributed by atoms with Gasteiger partial charge in [0.1, 0.15) is 0 Å². The predicted molar refractivity (Wildman–Crippen MR) is 203 cm³/mol. The molecule has 0 heterocycles. The van der Waals surface area contributed by atoms with Gasteiger partial charge in [0, 0.05) is 5.70 Å². The van der Waals surface area contributed by atoms with Crippen LogP contribution < -0.4 is 5.73 Å². The van der Waals surface area contributed by atoms with Crippen molar-refractivity contribution in [1.29, 1.82) is 0 Å². The fourth-order valence-corrected chi connectivity index (χ4v) is 6.94. The first-order chi connectivity index (χ1) is 23.1. The van der Waals surface area contributed by atoms with Gasteiger partial charge in [-0.3, -0.25) is 0 Å². The lowest BCUT2D eigenvalue weighted by Crippen LogP contribution is -1.94. The average Bonchev–Trinajstić information content (AvgIpc) is 3.13. The highest BCUT2D eigenvalue weighted by atomic mass is 14.6. The second kappa shape index (κ2) is 12.1. The minimum Gasteiger partial charge on any atom is -0.398 e. The van der Waals surface area contributed by atoms with Gasteiger partial charge in [0.2, 0.25) is 0 Å². The normalized spacial score (nSPS) is 12.1. The molecule has 0 spiro atoms. The quantitative estimate of drug-likeness (QED) is 0.143. The van der Waals surface area contributed by atoms with Gasteiger partial charge in [0.15, 0.2) is 0 Å². The van der Waals surface area contributed by atoms with Gasteiger partial charge in [-0.2, -0.15) is 0 Å². The molecule has 0 radical (unpaired) electrons. The van der Waals surface area contributed by atoms with Gasteiger partial charge in [-0.15, -0.1) is 0 Å². The van der Waals surface area contributed by atoms with E-state index in [1.165, 1.54) is 76.8 Å². The monoisotopic (exact) mass is 601 g/mol. The molecule has 2 N–H and O–H groups in total. The third-order valence-electron chi connectivity index (χ3n) is 9.30. The summed E-state index contributed by atoms with van der Waals surface area (Å²) in [6.07, 6.45) is 7.04. The smallest absolute Gasteiger partial charge is 0.0387 e. The molecule has 0 aromatic heterocycles. The Kier molecular flexibility index (Phi) is 7.36. The molecule has 1 heteroatoms. The molecular weight excluding hydrogens is 567 g/mol. The summed E-state index contributed by atoms with van der Waals surface area (Å²) in [7, 11) is 0. The zero-order chi connectivity index (χ0) is 31.7. The van der Waals surface area contributed by atoms with Gasteiger partial charge in [-0.1, -0.05) is 158 Å². The van der Waals surface area contributed by atoms with Crippen molar-refractivity contribution >= 4 is 38.0 Å². The number of hydrogen-bond acceptors (Lipinski definition) is 1. The predicted octanol–water partition coefficient (Wildman–Crippen LogP) is 12.0. The third kappa shape index (κ3) is 5.47. The van der Waals surface area contributed by atoms with Crippen molar-refractivity contribution in [3.63, 3.8) is 0 Å². The fraction of sp³-hybridized carbons (Fsp3) is 0.0435. The first-order valence-corrected chi connectivity index (χ1v) is 16.3. The number of rotatable bonds is 7. The maximum absolute atomic E-state index is 6.26. The summed E-state index contributed by atoms with van der Waals surface area (Å²) in [5.41, 5.74) is 18.1. The molecule has 0 saturated carbocycles. The lowest BCUT2D eigenvalue weighted by molar-refractivity contribution is 1.27. The molecule has 0 bridgehead atoms. The Balaban J connectivity index is 1.20. The molecule has 0 amide bonds. The summed E-state index contributed by atoms with van der Waals surface area (Å²) < 4.78 is 0. The zero-order valence-electron chi connectivity index (χ0n) is 26.5. The Hall–Kier alpha value is -5.92. The summed E-state index contributed by atoms with van der Waals surface area (Å²) >= 11 is 0. The molecule has 0 aliphatic carbocycles. The maximum atomic E-state index is 6.26. The second-order valence-corrected chi connectivity index (χ2v) is 12.4. The van der Waals surface area contributed by atoms with E-state index in [0.29, 0.717) is 0 Å². The van der Waals surface area contributed by atoms with E-state index in [1.807, 2.05) is 42.5 Å². The first-order valence-electron chi connectivity index (χ1n) is 16.3. The van der Waals surface area contributed by atoms with Crippen molar-refractivity contribution in [3.8, 4) is 33.4 Å². The van der Waals surface area contributed by atoms with Crippen LogP contribution in [0.4, 0.5) is 0 Å². The van der Waals surface area contributed by atoms with E-state index in [9.17, 15) is 0 Å². The van der Waals surface area contributed by atoms with Gasteiger partial charge in [0.25, 0.3) is 0 Å². The van der Waals surface area contributed by atoms with Gasteiger partial charge >= 0.3 is 0 Å². The Morgan fingerprint density at radius 2 is 1.06 bits per heavy atom. The van der Waals surface area contributed by atoms with E-state index in [1.54, 1.807) is 0 Å². The van der Waals surface area contributed by atoms with Crippen LogP contribution in [0.1, 0.15) is 16.7 Å². The van der Waals surface area contributed by atoms with Crippen LogP contribution in [0.5, 0.6) is 0 Å². The molecule has 0 aliphatic rings. The van der Waals surface area contributed by atoms with E-state index in [0.717, 1.165) is 17.7 Å². The largest absolute Gasteiger partial charge is 0.398 e. The minimum atomic E-state index is 0.770. The van der Waals surface area contributed by atoms with Gasteiger partial charge in [0.05, 0.1) is 0 Å². The summed E-state index contributed by atoms with van der Waals surface area (Å²) in [6.45, 7) is 2.19. The Morgan fingerprint density at radius 1 is 0.532 bits per heavy atom. The van der Waals surface area contributed by atoms with Crippen LogP contribution in [0.2, 0.25) is 0 Å². The lowest BCUT2D eigenvalue weighted by atomic mass is 9.85. The summed E-state index contributed by atoms with van der Waals surface area (Å²) in [4.78, 5) is 0. The summed E-state index contributed by atoms with van der Waals surface area (Å²) in [6, 6.07) is 55.0. The Morgan fingerprint density at radius 3 is 1.68 bits per heavy atom. The Bertz CT molecular complexity index is 2380. The maximum Gasteiger partial charge on any atom is 0.0387 e. The summed E-state index contributed by atoms with van der Waals surface area (Å²) in [5, 5.41) is 7.87. The first kappa shape index (κ1) is 28.5. The number of benzene rings is 8. The van der Waals surface area contributed by atoms with Crippen molar-refractivity contribution in [2.75, 3.05) is 0 Å². The van der Waals surface area contributed by atoms with Gasteiger partial charge in [-0.05, 0) is 108 Å². The summed E-state index contributed by atoms with van der Waals surface area (Å²) in [5.74, 6) is 0. The Labute approximate surface area is 276 Å². The molecule has 224 valence electrons. The van der Waals surface area contributed by atoms with Crippen molar-refractivity contribution < 1.29 is 0 Å². The van der Waals surface area contributed by atoms with E-state index < -0.39 is 0 Å². The van der Waals surface area contributed by atoms with Crippen molar-refractivity contribution in [2.24, 2.45) is 5.73 Å². The van der Waals surface area contributed by atoms with E-state index in [4.69, 9.17) is 5.73 Å². The highest BCUT2D eigenvalue weighted by molar-refractivity contribution is 6.28. The molecule has 8 rings (SSSR count). The SMILES string of the molecule is Cc1cc2ccc3c(-c4ccc(C/C=C\C=C(/N)c5ccccc5)cc4)cc(-c4ccc(-c5ccccc5)cc4)c4ccc(c1)c2c34. The fourth-order valence-electron chi connectivity index (χ4n) is 6.94. The highest BCUT2D eigenvalue weighted by Crippen LogP contribution is 2.44. The van der Waals surface area contributed by atoms with Crippen LogP contribution in [-0.2, 0) is 6.42 Å². The number of nitrogens with two attached hydrogens (primary N) is 1. The molecule has 8 aromatic rings. The standard InChI is InChI=1S/C46H35N/c1-31-28-38-24-26-40-42(35-18-16-32(17-19-35)10-8-9-15-44(47)37-13-6-3-7-14-37)30-43(41-27-25-39(29-31)45(38)46(40)41)36-22-20-34(21-23-36)33-11-4-2-5-12-33/h2-9,11-30H,10,47H2,1H3/b9-8-,44-15-. The molecule has 47 heavy (non-hydrogen) atoms. The second-order valence-electron chi connectivity index (χ2n) is 12.4. The van der Waals surface area contributed by atoms with E-state index in [-0.39, 0.29) is 0 Å². The van der Waals surface area contributed by atoms with Crippen LogP contribution >= 0.6 is 0 Å². The molecule has 0 fully saturated rings. The van der Waals surface area contributed by atoms with Gasteiger partial charge < -0.3 is 5.73 Å². The van der Waals surface area contributed by atoms with Crippen LogP contribution in [-0.4, -0.2) is 0 Å². The lowest BCUT2D eigenvalue weighted by Gasteiger charge is -2.19.